The summed E-state index contributed by atoms with van der Waals surface area (Å²) in [4.78, 5) is 8.84. The normalized spacial score (nSPS) is 14.1. The van der Waals surface area contributed by atoms with Crippen LogP contribution in [0.3, 0.4) is 0 Å². The molecule has 0 amide bonds. The van der Waals surface area contributed by atoms with Crippen LogP contribution in [0, 0.1) is 0 Å². The number of hydrogen-bond acceptors (Lipinski definition) is 5. The minimum absolute atomic E-state index is 0.00211. The van der Waals surface area contributed by atoms with Crippen molar-refractivity contribution in [3.63, 3.8) is 0 Å². The highest BCUT2D eigenvalue weighted by Gasteiger charge is 2.14. The Morgan fingerprint density at radius 2 is 2.08 bits per heavy atom. The van der Waals surface area contributed by atoms with E-state index in [1.807, 2.05) is 52.0 Å². The monoisotopic (exact) mass is 379 g/mol. The largest absolute Gasteiger partial charge is 0.371 e. The molecule has 0 aliphatic rings. The van der Waals surface area contributed by atoms with Gasteiger partial charge in [-0.15, -0.1) is 0 Å². The molecule has 0 aliphatic heterocycles. The third-order valence-electron chi connectivity index (χ3n) is 3.71. The number of hydrogen-bond donors (Lipinski definition) is 2. The van der Waals surface area contributed by atoms with E-state index in [9.17, 15) is 0 Å². The van der Waals surface area contributed by atoms with Gasteiger partial charge in [-0.2, -0.15) is 4.98 Å². The van der Waals surface area contributed by atoms with Crippen molar-refractivity contribution in [1.82, 2.24) is 20.8 Å². The van der Waals surface area contributed by atoms with Crippen molar-refractivity contribution >= 4 is 17.6 Å². The zero-order chi connectivity index (χ0) is 18.9. The van der Waals surface area contributed by atoms with E-state index in [0.717, 1.165) is 17.1 Å². The highest BCUT2D eigenvalue weighted by atomic mass is 35.5. The number of benzene rings is 1. The van der Waals surface area contributed by atoms with E-state index in [2.05, 4.69) is 25.8 Å². The minimum atomic E-state index is -0.201. The predicted octanol–water partition coefficient (Wildman–Crippen LogP) is 3.64. The van der Waals surface area contributed by atoms with Crippen LogP contribution in [0.25, 0.3) is 0 Å². The van der Waals surface area contributed by atoms with Gasteiger partial charge >= 0.3 is 0 Å². The van der Waals surface area contributed by atoms with Crippen molar-refractivity contribution in [2.24, 2.45) is 4.99 Å². The molecular weight excluding hydrogens is 354 g/mol. The van der Waals surface area contributed by atoms with Crippen LogP contribution >= 0.6 is 11.6 Å². The number of guanidine groups is 1. The van der Waals surface area contributed by atoms with Crippen molar-refractivity contribution < 1.29 is 9.26 Å². The SMILES string of the molecule is CCNC(=NCc1nc(C(C)OCC)no1)NC(C)c1ccccc1Cl. The van der Waals surface area contributed by atoms with E-state index >= 15 is 0 Å². The summed E-state index contributed by atoms with van der Waals surface area (Å²) >= 11 is 6.27. The van der Waals surface area contributed by atoms with Gasteiger partial charge in [-0.25, -0.2) is 4.99 Å². The number of nitrogens with one attached hydrogen (secondary N) is 2. The molecule has 2 aromatic rings. The van der Waals surface area contributed by atoms with E-state index in [1.54, 1.807) is 0 Å². The topological polar surface area (TPSA) is 84.6 Å². The summed E-state index contributed by atoms with van der Waals surface area (Å²) in [6.45, 7) is 9.45. The van der Waals surface area contributed by atoms with E-state index in [-0.39, 0.29) is 18.7 Å². The first kappa shape index (κ1) is 20.2. The standard InChI is InChI=1S/C18H26ClN5O2/c1-5-20-18(22-12(3)14-9-7-8-10-15(14)19)21-11-16-23-17(24-26-16)13(4)25-6-2/h7-10,12-13H,5-6,11H2,1-4H3,(H2,20,21,22). The Bertz CT molecular complexity index is 719. The molecule has 0 radical (unpaired) electrons. The molecule has 142 valence electrons. The molecular formula is C18H26ClN5O2. The maximum Gasteiger partial charge on any atom is 0.248 e. The zero-order valence-corrected chi connectivity index (χ0v) is 16.4. The summed E-state index contributed by atoms with van der Waals surface area (Å²) < 4.78 is 10.7. The van der Waals surface area contributed by atoms with Crippen molar-refractivity contribution in [1.29, 1.82) is 0 Å². The highest BCUT2D eigenvalue weighted by molar-refractivity contribution is 6.31. The van der Waals surface area contributed by atoms with Gasteiger partial charge in [0, 0.05) is 18.2 Å². The molecule has 7 nitrogen and oxygen atoms in total. The molecule has 0 saturated heterocycles. The van der Waals surface area contributed by atoms with Gasteiger partial charge in [0.05, 0.1) is 6.04 Å². The lowest BCUT2D eigenvalue weighted by Gasteiger charge is -2.18. The van der Waals surface area contributed by atoms with E-state index in [0.29, 0.717) is 24.3 Å². The van der Waals surface area contributed by atoms with Gasteiger partial charge in [0.1, 0.15) is 12.6 Å². The van der Waals surface area contributed by atoms with Crippen LogP contribution in [-0.2, 0) is 11.3 Å². The van der Waals surface area contributed by atoms with Crippen LogP contribution < -0.4 is 10.6 Å². The van der Waals surface area contributed by atoms with Gasteiger partial charge in [0.2, 0.25) is 5.89 Å². The summed E-state index contributed by atoms with van der Waals surface area (Å²) in [6.07, 6.45) is -0.201. The fourth-order valence-corrected chi connectivity index (χ4v) is 2.70. The smallest absolute Gasteiger partial charge is 0.248 e. The van der Waals surface area contributed by atoms with Gasteiger partial charge in [-0.3, -0.25) is 0 Å². The third kappa shape index (κ3) is 5.71. The summed E-state index contributed by atoms with van der Waals surface area (Å²) in [5.41, 5.74) is 1.00. The summed E-state index contributed by atoms with van der Waals surface area (Å²) in [5, 5.41) is 11.2. The van der Waals surface area contributed by atoms with Crippen LogP contribution in [0.4, 0.5) is 0 Å². The lowest BCUT2D eigenvalue weighted by atomic mass is 10.1. The van der Waals surface area contributed by atoms with E-state index < -0.39 is 0 Å². The summed E-state index contributed by atoms with van der Waals surface area (Å²) in [5.74, 6) is 1.62. The highest BCUT2D eigenvalue weighted by Crippen LogP contribution is 2.22. The van der Waals surface area contributed by atoms with Crippen LogP contribution in [0.15, 0.2) is 33.8 Å². The van der Waals surface area contributed by atoms with Crippen molar-refractivity contribution in [3.8, 4) is 0 Å². The molecule has 0 aliphatic carbocycles. The molecule has 26 heavy (non-hydrogen) atoms. The predicted molar refractivity (Wildman–Crippen MR) is 102 cm³/mol. The Kier molecular flexibility index (Phi) is 7.87. The molecule has 2 rings (SSSR count). The van der Waals surface area contributed by atoms with Gasteiger partial charge in [-0.05, 0) is 39.3 Å². The third-order valence-corrected chi connectivity index (χ3v) is 4.05. The Morgan fingerprint density at radius 3 is 2.77 bits per heavy atom. The molecule has 0 saturated carbocycles. The first-order valence-electron chi connectivity index (χ1n) is 8.78. The number of ether oxygens (including phenoxy) is 1. The van der Waals surface area contributed by atoms with Crippen LogP contribution in [0.1, 0.15) is 57.1 Å². The number of aliphatic imine (C=N–C) groups is 1. The molecule has 8 heteroatoms. The molecule has 2 unspecified atom stereocenters. The maximum atomic E-state index is 6.27. The van der Waals surface area contributed by atoms with Crippen molar-refractivity contribution in [3.05, 3.63) is 46.6 Å². The number of rotatable bonds is 8. The molecule has 2 N–H and O–H groups in total. The van der Waals surface area contributed by atoms with Crippen LogP contribution in [0.5, 0.6) is 0 Å². The number of halogens is 1. The molecule has 0 bridgehead atoms. The quantitative estimate of drug-likeness (QED) is 0.538. The Labute approximate surface area is 159 Å². The molecule has 1 aromatic carbocycles. The fraction of sp³-hybridized carbons (Fsp3) is 0.500. The van der Waals surface area contributed by atoms with Crippen LogP contribution in [-0.4, -0.2) is 29.3 Å². The van der Waals surface area contributed by atoms with Crippen molar-refractivity contribution in [2.45, 2.75) is 46.4 Å². The Hall–Kier alpha value is -2.12. The second kappa shape index (κ2) is 10.1. The average Bonchev–Trinajstić information content (AvgIpc) is 3.09. The lowest BCUT2D eigenvalue weighted by Crippen LogP contribution is -2.38. The fourth-order valence-electron chi connectivity index (χ4n) is 2.40. The number of nitrogens with zero attached hydrogens (tertiary/aromatic N) is 3. The summed E-state index contributed by atoms with van der Waals surface area (Å²) in [6, 6.07) is 7.73. The van der Waals surface area contributed by atoms with E-state index in [4.69, 9.17) is 20.9 Å². The average molecular weight is 380 g/mol. The summed E-state index contributed by atoms with van der Waals surface area (Å²) in [7, 11) is 0. The second-order valence-electron chi connectivity index (χ2n) is 5.73. The van der Waals surface area contributed by atoms with Gasteiger partial charge in [-0.1, -0.05) is 35.0 Å². The van der Waals surface area contributed by atoms with Gasteiger partial charge in [0.15, 0.2) is 11.8 Å². The first-order chi connectivity index (χ1) is 12.5. The molecule has 0 fully saturated rings. The Balaban J connectivity index is 2.03. The van der Waals surface area contributed by atoms with Crippen LogP contribution in [0.2, 0.25) is 5.02 Å². The Morgan fingerprint density at radius 1 is 1.31 bits per heavy atom. The maximum absolute atomic E-state index is 6.27. The first-order valence-corrected chi connectivity index (χ1v) is 9.16. The molecule has 1 heterocycles. The second-order valence-corrected chi connectivity index (χ2v) is 6.13. The molecule has 2 atom stereocenters. The minimum Gasteiger partial charge on any atom is -0.371 e. The van der Waals surface area contributed by atoms with Crippen molar-refractivity contribution in [2.75, 3.05) is 13.2 Å². The number of aromatic nitrogens is 2. The molecule has 0 spiro atoms. The van der Waals surface area contributed by atoms with Gasteiger partial charge in [0.25, 0.3) is 0 Å². The molecule has 1 aromatic heterocycles. The zero-order valence-electron chi connectivity index (χ0n) is 15.6. The van der Waals surface area contributed by atoms with Gasteiger partial charge < -0.3 is 19.9 Å². The van der Waals surface area contributed by atoms with E-state index in [1.165, 1.54) is 0 Å². The lowest BCUT2D eigenvalue weighted by molar-refractivity contribution is 0.0683.